The zero-order valence-corrected chi connectivity index (χ0v) is 77.0. The maximum atomic E-state index is 12.4. The molecule has 3 aliphatic rings. The molecule has 4 aromatic carbocycles. The number of hydrogen-bond donors (Lipinski definition) is 5. The van der Waals surface area contributed by atoms with E-state index in [4.69, 9.17) is 43.7 Å². The number of H-pyrrole nitrogens is 1. The van der Waals surface area contributed by atoms with Crippen LogP contribution >= 0.6 is 79.6 Å². The molecule has 2 saturated heterocycles. The molecule has 8 rings (SSSR count). The van der Waals surface area contributed by atoms with Crippen LogP contribution in [0.5, 0.6) is 0 Å². The van der Waals surface area contributed by atoms with Crippen LogP contribution in [0, 0.1) is 53.3 Å². The van der Waals surface area contributed by atoms with E-state index in [2.05, 4.69) is 157 Å². The van der Waals surface area contributed by atoms with E-state index >= 15 is 0 Å². The molecule has 0 bridgehead atoms. The first-order valence-corrected chi connectivity index (χ1v) is 38.0. The summed E-state index contributed by atoms with van der Waals surface area (Å²) in [5, 5.41) is 14.3. The number of amides is 2. The average Bonchev–Trinajstić information content (AvgIpc) is 1.60. The fourth-order valence-corrected chi connectivity index (χ4v) is 10.1. The number of ether oxygens (including phenoxy) is 3. The largest absolute Gasteiger partial charge is 0.488 e. The van der Waals surface area contributed by atoms with Crippen LogP contribution < -0.4 is 16.4 Å². The number of aliphatic carboxylic acids is 1. The van der Waals surface area contributed by atoms with Crippen LogP contribution in [-0.4, -0.2) is 128 Å². The number of carbonyl (C=O) groups excluding carboxylic acids is 5. The Labute approximate surface area is 684 Å². The van der Waals surface area contributed by atoms with Crippen LogP contribution in [0.3, 0.4) is 0 Å². The van der Waals surface area contributed by atoms with Crippen LogP contribution in [0.15, 0.2) is 145 Å². The molecular weight excluding hydrogens is 1880 g/mol. The van der Waals surface area contributed by atoms with Crippen LogP contribution in [-0.2, 0) is 49.0 Å². The quantitative estimate of drug-likeness (QED) is 0.0241. The third-order valence-electron chi connectivity index (χ3n) is 16.4. The number of Topliss-reactive ketones (excluding diaryl/α,β-unsaturated/α-hetero) is 2. The van der Waals surface area contributed by atoms with Gasteiger partial charge in [0.05, 0.1) is 34.3 Å². The van der Waals surface area contributed by atoms with Crippen molar-refractivity contribution in [2.75, 3.05) is 11.9 Å². The molecule has 3 aliphatic heterocycles. The number of benzene rings is 4. The number of nitrogens with zero attached hydrogens (tertiary/aromatic N) is 2. The van der Waals surface area contributed by atoms with Gasteiger partial charge >= 0.3 is 38.1 Å². The van der Waals surface area contributed by atoms with Gasteiger partial charge in [0.15, 0.2) is 18.2 Å². The Morgan fingerprint density at radius 1 is 0.577 bits per heavy atom. The Balaban J connectivity index is 0.000000628. The SMILES string of the molecule is Brc1ccccc1.CC(C)(C)OC(=O)N[C@H](C(=O)O)C(C)(C)C.CC(C)(C)OC(=O)N[C@H](C(=O)OCC(=O)c1ccc(Br)cc1)C(C)(C)C.CC1(C)OB(B2OC(C)(C)C(C)(C)O2)OC1(C)C.C[C@H](C1=NC=C(c2ccc(Br)cc2)C1)C(C)(C)C.NCc1ncc[nH]1.O=C(CBr)c1ccc(Br)cc1.[U]. The molecular formula is C76H109B2Br5N6O14U. The van der Waals surface area contributed by atoms with Crippen molar-refractivity contribution in [1.82, 2.24) is 20.6 Å². The molecule has 5 aromatic rings. The number of rotatable bonds is 13. The van der Waals surface area contributed by atoms with E-state index in [0.29, 0.717) is 23.4 Å². The summed E-state index contributed by atoms with van der Waals surface area (Å²) in [4.78, 5) is 81.4. The van der Waals surface area contributed by atoms with Crippen molar-refractivity contribution < 1.29 is 97.8 Å². The minimum absolute atomic E-state index is 0. The molecule has 572 valence electrons. The Bertz CT molecular complexity index is 3510. The Kier molecular flexibility index (Phi) is 40.0. The summed E-state index contributed by atoms with van der Waals surface area (Å²) in [5.41, 5.74) is 6.63. The summed E-state index contributed by atoms with van der Waals surface area (Å²) in [6.07, 6.45) is 5.02. The second-order valence-electron chi connectivity index (χ2n) is 31.7. The van der Waals surface area contributed by atoms with Crippen molar-refractivity contribution in [2.45, 2.75) is 225 Å². The minimum Gasteiger partial charge on any atom is -0.480 e. The third-order valence-corrected chi connectivity index (χ3v) is 19.0. The summed E-state index contributed by atoms with van der Waals surface area (Å²) in [5.74, 6) is -0.623. The number of carboxylic acid groups (broad SMARTS) is 1. The maximum absolute atomic E-state index is 12.4. The molecule has 1 aromatic heterocycles. The number of ketones is 2. The number of nitrogens with one attached hydrogen (secondary N) is 3. The number of imidazole rings is 1. The number of allylic oxidation sites excluding steroid dienone is 1. The van der Waals surface area contributed by atoms with Gasteiger partial charge in [-0.25, -0.2) is 24.2 Å². The second-order valence-corrected chi connectivity index (χ2v) is 35.9. The molecule has 6 N–H and O–H groups in total. The number of hydrogen-bond acceptors (Lipinski definition) is 16. The van der Waals surface area contributed by atoms with Crippen LogP contribution in [0.1, 0.15) is 205 Å². The van der Waals surface area contributed by atoms with Gasteiger partial charge in [0, 0.05) is 90.9 Å². The van der Waals surface area contributed by atoms with Crippen LogP contribution in [0.25, 0.3) is 5.57 Å². The number of alkyl carbamates (subject to hydrolysis) is 2. The number of aromatic amines is 1. The van der Waals surface area contributed by atoms with Crippen molar-refractivity contribution in [1.29, 1.82) is 0 Å². The first kappa shape index (κ1) is 97.7. The number of carbonyl (C=O) groups is 6. The van der Waals surface area contributed by atoms with E-state index in [1.54, 1.807) is 132 Å². The summed E-state index contributed by atoms with van der Waals surface area (Å²) in [6.45, 7) is 46.3. The average molecular weight is 1990 g/mol. The van der Waals surface area contributed by atoms with E-state index in [-0.39, 0.29) is 70.5 Å². The van der Waals surface area contributed by atoms with Crippen molar-refractivity contribution in [2.24, 2.45) is 32.9 Å². The normalized spacial score (nSPS) is 16.2. The number of nitrogens with two attached hydrogens (primary N) is 1. The van der Waals surface area contributed by atoms with E-state index in [1.807, 2.05) is 104 Å². The fourth-order valence-electron chi connectivity index (χ4n) is 8.66. The number of halogens is 5. The van der Waals surface area contributed by atoms with Gasteiger partial charge in [-0.15, -0.1) is 0 Å². The molecule has 0 radical (unpaired) electrons. The smallest absolute Gasteiger partial charge is 0.480 e. The molecule has 0 saturated carbocycles. The Hall–Kier alpha value is -4.30. The number of alkyl halides is 1. The van der Waals surface area contributed by atoms with Gasteiger partial charge in [-0.3, -0.25) is 14.6 Å². The molecule has 0 aliphatic carbocycles. The molecule has 28 heteroatoms. The Morgan fingerprint density at radius 3 is 1.26 bits per heavy atom. The van der Waals surface area contributed by atoms with Gasteiger partial charge in [-0.1, -0.05) is 203 Å². The summed E-state index contributed by atoms with van der Waals surface area (Å²) >= 11 is 16.5. The molecule has 4 heterocycles. The number of carboxylic acids is 1. The summed E-state index contributed by atoms with van der Waals surface area (Å²) in [6, 6.07) is 30.6. The van der Waals surface area contributed by atoms with E-state index < -0.39 is 78.9 Å². The third kappa shape index (κ3) is 35.4. The van der Waals surface area contributed by atoms with Gasteiger partial charge in [-0.2, -0.15) is 0 Å². The number of esters is 1. The number of aromatic nitrogens is 2. The molecule has 2 amide bonds. The standard InChI is InChI=1S/C19H26BrNO5.C16H20BrN.C12H24B2O4.C11H21NO4.C8H6Br2O.C6H5Br.C4H7N3.U/c1-18(2,3)15(21-17(24)26-19(4,5)6)16(23)25-11-14(22)12-7-9-13(20)10-8-12;1-11(16(2,3)4)15-9-13(10-18-15)12-5-7-14(17)8-6-12;1-9(2)10(3,4)16-13(15-9)14-17-11(5,6)12(7,8)18-14;1-10(2,3)7(8(13)14)12-9(15)16-11(4,5)6;9-5-8(11)6-1-3-7(10)4-2-6;7-6-4-2-1-3-5-6;5-3-4-6-1-2-7-4;/h7-10,15H,11H2,1-6H3,(H,21,24);5-8,10-11H,9H2,1-4H3;1-8H3;7H,1-6H3,(H,12,15)(H,13,14);1-4H,5H2;1-5H;1-2H,3,5H2,(H,6,7);/t15-;11-;;7-;;;;/m11.1..../s1. The Morgan fingerprint density at radius 2 is 0.952 bits per heavy atom. The fraction of sp³-hybridized carbons (Fsp3) is 0.526. The number of aliphatic imine (C=N–C) groups is 1. The van der Waals surface area contributed by atoms with E-state index in [0.717, 1.165) is 35.7 Å². The maximum Gasteiger partial charge on any atom is 0.488 e. The van der Waals surface area contributed by atoms with Gasteiger partial charge in [0.25, 0.3) is 0 Å². The molecule has 2 fully saturated rings. The van der Waals surface area contributed by atoms with Crippen molar-refractivity contribution in [3.63, 3.8) is 0 Å². The van der Waals surface area contributed by atoms with Crippen LogP contribution in [0.2, 0.25) is 0 Å². The molecule has 0 unspecified atom stereocenters. The first-order chi connectivity index (χ1) is 47.0. The zero-order chi connectivity index (χ0) is 79.1. The molecule has 3 atom stereocenters. The van der Waals surface area contributed by atoms with Crippen LogP contribution in [0.4, 0.5) is 9.59 Å². The summed E-state index contributed by atoms with van der Waals surface area (Å²) in [7, 11) is -0.952. The van der Waals surface area contributed by atoms with Gasteiger partial charge in [0.2, 0.25) is 0 Å². The van der Waals surface area contributed by atoms with E-state index in [1.165, 1.54) is 16.8 Å². The van der Waals surface area contributed by atoms with Gasteiger partial charge < -0.3 is 59.3 Å². The molecule has 104 heavy (non-hydrogen) atoms. The minimum atomic E-state index is -1.07. The predicted molar refractivity (Wildman–Crippen MR) is 430 cm³/mol. The van der Waals surface area contributed by atoms with E-state index in [9.17, 15) is 28.8 Å². The summed E-state index contributed by atoms with van der Waals surface area (Å²) < 4.78 is 43.3. The van der Waals surface area contributed by atoms with Crippen molar-refractivity contribution >= 4 is 141 Å². The zero-order valence-electron chi connectivity index (χ0n) is 64.9. The van der Waals surface area contributed by atoms with Gasteiger partial charge in [0.1, 0.15) is 29.1 Å². The van der Waals surface area contributed by atoms with Crippen molar-refractivity contribution in [3.8, 4) is 0 Å². The van der Waals surface area contributed by atoms with Gasteiger partial charge in [-0.05, 0) is 179 Å². The molecule has 20 nitrogen and oxygen atoms in total. The second kappa shape index (κ2) is 42.6. The monoisotopic (exact) mass is 1980 g/mol. The molecule has 0 spiro atoms. The first-order valence-electron chi connectivity index (χ1n) is 33.7. The topological polar surface area (TPSA) is 278 Å². The predicted octanol–water partition coefficient (Wildman–Crippen LogP) is 19.0. The van der Waals surface area contributed by atoms with Crippen molar-refractivity contribution in [3.05, 3.63) is 162 Å².